The van der Waals surface area contributed by atoms with Gasteiger partial charge in [0, 0.05) is 18.0 Å². The number of nitrogens with zero attached hydrogens (tertiary/aromatic N) is 1. The molecule has 0 aliphatic carbocycles. The molecule has 1 aliphatic rings. The van der Waals surface area contributed by atoms with Crippen LogP contribution < -0.4 is 0 Å². The third-order valence-corrected chi connectivity index (χ3v) is 4.29. The molecule has 0 aromatic rings. The third kappa shape index (κ3) is 3.63. The van der Waals surface area contributed by atoms with Crippen molar-refractivity contribution < 1.29 is 0 Å². The summed E-state index contributed by atoms with van der Waals surface area (Å²) in [4.78, 5) is 2.62. The van der Waals surface area contributed by atoms with E-state index >= 15 is 0 Å². The summed E-state index contributed by atoms with van der Waals surface area (Å²) in [7, 11) is 0. The van der Waals surface area contributed by atoms with Gasteiger partial charge in [-0.2, -0.15) is 0 Å². The summed E-state index contributed by atoms with van der Waals surface area (Å²) >= 11 is 6.33. The van der Waals surface area contributed by atoms with Crippen molar-refractivity contribution >= 4 is 11.6 Å². The first-order chi connectivity index (χ1) is 7.36. The Morgan fingerprint density at radius 3 is 2.44 bits per heavy atom. The summed E-state index contributed by atoms with van der Waals surface area (Å²) < 4.78 is 0. The number of halogens is 1. The van der Waals surface area contributed by atoms with Crippen LogP contribution in [0.5, 0.6) is 0 Å². The lowest BCUT2D eigenvalue weighted by Crippen LogP contribution is -2.35. The van der Waals surface area contributed by atoms with E-state index in [1.807, 2.05) is 0 Å². The van der Waals surface area contributed by atoms with Crippen LogP contribution in [0.4, 0.5) is 0 Å². The normalized spacial score (nSPS) is 29.6. The Labute approximate surface area is 107 Å². The van der Waals surface area contributed by atoms with Crippen LogP contribution in [0.2, 0.25) is 0 Å². The second-order valence-electron chi connectivity index (χ2n) is 6.39. The van der Waals surface area contributed by atoms with Gasteiger partial charge < -0.3 is 0 Å². The lowest BCUT2D eigenvalue weighted by atomic mass is 9.79. The van der Waals surface area contributed by atoms with E-state index in [1.54, 1.807) is 0 Å². The van der Waals surface area contributed by atoms with Gasteiger partial charge in [-0.05, 0) is 37.6 Å². The van der Waals surface area contributed by atoms with Gasteiger partial charge in [-0.15, -0.1) is 11.6 Å². The van der Waals surface area contributed by atoms with Crippen LogP contribution in [0.1, 0.15) is 53.9 Å². The average molecular weight is 246 g/mol. The lowest BCUT2D eigenvalue weighted by Gasteiger charge is -2.27. The molecule has 0 radical (unpaired) electrons. The van der Waals surface area contributed by atoms with Crippen LogP contribution in [0.15, 0.2) is 0 Å². The molecule has 1 unspecified atom stereocenters. The highest BCUT2D eigenvalue weighted by atomic mass is 35.5. The molecule has 0 amide bonds. The SMILES string of the molecule is CCCCN1C[C@@H](C(C)(C)C)C[C@H]1C(C)Cl. The molecule has 1 saturated heterocycles. The minimum Gasteiger partial charge on any atom is -0.299 e. The summed E-state index contributed by atoms with van der Waals surface area (Å²) in [6, 6.07) is 0.595. The summed E-state index contributed by atoms with van der Waals surface area (Å²) in [6.45, 7) is 14.0. The number of hydrogen-bond donors (Lipinski definition) is 0. The number of alkyl halides is 1. The molecule has 0 saturated carbocycles. The molecule has 2 heteroatoms. The van der Waals surface area contributed by atoms with Gasteiger partial charge in [0.25, 0.3) is 0 Å². The molecule has 0 spiro atoms. The second kappa shape index (κ2) is 5.73. The topological polar surface area (TPSA) is 3.24 Å². The van der Waals surface area contributed by atoms with Gasteiger partial charge in [-0.3, -0.25) is 4.90 Å². The number of rotatable bonds is 4. The Morgan fingerprint density at radius 2 is 2.00 bits per heavy atom. The van der Waals surface area contributed by atoms with Gasteiger partial charge in [0.15, 0.2) is 0 Å². The summed E-state index contributed by atoms with van der Waals surface area (Å²) in [5, 5.41) is 0.282. The molecular weight excluding hydrogens is 218 g/mol. The maximum atomic E-state index is 6.33. The fraction of sp³-hybridized carbons (Fsp3) is 1.00. The minimum atomic E-state index is 0.282. The fourth-order valence-corrected chi connectivity index (χ4v) is 2.92. The molecule has 0 aromatic heterocycles. The zero-order chi connectivity index (χ0) is 12.3. The van der Waals surface area contributed by atoms with Gasteiger partial charge in [0.05, 0.1) is 0 Å². The molecule has 0 bridgehead atoms. The smallest absolute Gasteiger partial charge is 0.0463 e. The van der Waals surface area contributed by atoms with E-state index in [0.717, 1.165) is 5.92 Å². The Kier molecular flexibility index (Phi) is 5.12. The van der Waals surface area contributed by atoms with Crippen LogP contribution in [-0.2, 0) is 0 Å². The van der Waals surface area contributed by atoms with E-state index in [-0.39, 0.29) is 5.38 Å². The molecule has 1 fully saturated rings. The van der Waals surface area contributed by atoms with Gasteiger partial charge >= 0.3 is 0 Å². The largest absolute Gasteiger partial charge is 0.299 e. The maximum absolute atomic E-state index is 6.33. The molecule has 16 heavy (non-hydrogen) atoms. The van der Waals surface area contributed by atoms with Crippen LogP contribution >= 0.6 is 11.6 Å². The molecule has 0 aromatic carbocycles. The van der Waals surface area contributed by atoms with Crippen molar-refractivity contribution in [3.8, 4) is 0 Å². The fourth-order valence-electron chi connectivity index (χ4n) is 2.66. The predicted molar refractivity (Wildman–Crippen MR) is 73.1 cm³/mol. The van der Waals surface area contributed by atoms with E-state index < -0.39 is 0 Å². The first-order valence-electron chi connectivity index (χ1n) is 6.74. The van der Waals surface area contributed by atoms with Gasteiger partial charge in [-0.1, -0.05) is 34.1 Å². The van der Waals surface area contributed by atoms with Crippen molar-refractivity contribution in [1.29, 1.82) is 0 Å². The van der Waals surface area contributed by atoms with Crippen molar-refractivity contribution in [2.75, 3.05) is 13.1 Å². The van der Waals surface area contributed by atoms with E-state index in [9.17, 15) is 0 Å². The molecule has 0 N–H and O–H groups in total. The zero-order valence-corrected chi connectivity index (χ0v) is 12.3. The Morgan fingerprint density at radius 1 is 1.38 bits per heavy atom. The van der Waals surface area contributed by atoms with Crippen LogP contribution in [0, 0.1) is 11.3 Å². The molecule has 1 heterocycles. The number of likely N-dealkylation sites (tertiary alicyclic amines) is 1. The van der Waals surface area contributed by atoms with Gasteiger partial charge in [0.2, 0.25) is 0 Å². The molecular formula is C14H28ClN. The van der Waals surface area contributed by atoms with Crippen molar-refractivity contribution in [2.45, 2.75) is 65.3 Å². The highest BCUT2D eigenvalue weighted by Gasteiger charge is 2.39. The summed E-state index contributed by atoms with van der Waals surface area (Å²) in [5.74, 6) is 0.801. The van der Waals surface area contributed by atoms with E-state index in [4.69, 9.17) is 11.6 Å². The Hall–Kier alpha value is 0.250. The summed E-state index contributed by atoms with van der Waals surface area (Å²) in [6.07, 6.45) is 3.86. The Balaban J connectivity index is 2.61. The third-order valence-electron chi connectivity index (χ3n) is 4.00. The van der Waals surface area contributed by atoms with Crippen LogP contribution in [-0.4, -0.2) is 29.4 Å². The van der Waals surface area contributed by atoms with E-state index in [0.29, 0.717) is 11.5 Å². The molecule has 1 aliphatic heterocycles. The lowest BCUT2D eigenvalue weighted by molar-refractivity contribution is 0.216. The quantitative estimate of drug-likeness (QED) is 0.673. The van der Waals surface area contributed by atoms with Gasteiger partial charge in [-0.25, -0.2) is 0 Å². The highest BCUT2D eigenvalue weighted by Crippen LogP contribution is 2.38. The summed E-state index contributed by atoms with van der Waals surface area (Å²) in [5.41, 5.74) is 0.422. The average Bonchev–Trinajstić information content (AvgIpc) is 2.57. The van der Waals surface area contributed by atoms with E-state index in [2.05, 4.69) is 39.5 Å². The van der Waals surface area contributed by atoms with Crippen molar-refractivity contribution in [1.82, 2.24) is 4.90 Å². The standard InChI is InChI=1S/C14H28ClN/c1-6-7-8-16-10-12(14(3,4)5)9-13(16)11(2)15/h11-13H,6-10H2,1-5H3/t11?,12-,13-/m0/s1. The predicted octanol–water partition coefficient (Wildman–Crippen LogP) is 4.15. The number of unbranched alkanes of at least 4 members (excludes halogenated alkanes) is 1. The second-order valence-corrected chi connectivity index (χ2v) is 7.08. The maximum Gasteiger partial charge on any atom is 0.0463 e. The highest BCUT2D eigenvalue weighted by molar-refractivity contribution is 6.20. The minimum absolute atomic E-state index is 0.282. The van der Waals surface area contributed by atoms with E-state index in [1.165, 1.54) is 32.4 Å². The first kappa shape index (κ1) is 14.3. The van der Waals surface area contributed by atoms with Crippen molar-refractivity contribution in [3.05, 3.63) is 0 Å². The van der Waals surface area contributed by atoms with Crippen LogP contribution in [0.25, 0.3) is 0 Å². The molecule has 3 atom stereocenters. The Bertz CT molecular complexity index is 207. The molecule has 1 nitrogen and oxygen atoms in total. The number of hydrogen-bond acceptors (Lipinski definition) is 1. The zero-order valence-electron chi connectivity index (χ0n) is 11.6. The molecule has 96 valence electrons. The van der Waals surface area contributed by atoms with Crippen molar-refractivity contribution in [2.24, 2.45) is 11.3 Å². The molecule has 1 rings (SSSR count). The first-order valence-corrected chi connectivity index (χ1v) is 7.18. The van der Waals surface area contributed by atoms with Crippen molar-refractivity contribution in [3.63, 3.8) is 0 Å². The monoisotopic (exact) mass is 245 g/mol. The van der Waals surface area contributed by atoms with Crippen LogP contribution in [0.3, 0.4) is 0 Å². The van der Waals surface area contributed by atoms with Gasteiger partial charge in [0.1, 0.15) is 0 Å².